The standard InChI is InChI=1S/C15H22N2O2/c1-15(2,11-16)14(18)17-8-9-19-13(10-17)12-6-4-3-5-7-12/h3-7,13H,8-11,16H2,1-2H3. The van der Waals surface area contributed by atoms with Gasteiger partial charge < -0.3 is 15.4 Å². The molecule has 1 aliphatic rings. The largest absolute Gasteiger partial charge is 0.370 e. The van der Waals surface area contributed by atoms with E-state index >= 15 is 0 Å². The summed E-state index contributed by atoms with van der Waals surface area (Å²) in [5.74, 6) is 0.110. The van der Waals surface area contributed by atoms with E-state index in [0.717, 1.165) is 5.56 Å². The number of nitrogens with two attached hydrogens (primary N) is 1. The zero-order chi connectivity index (χ0) is 13.9. The van der Waals surface area contributed by atoms with E-state index in [2.05, 4.69) is 0 Å². The van der Waals surface area contributed by atoms with Gasteiger partial charge in [-0.25, -0.2) is 0 Å². The van der Waals surface area contributed by atoms with Crippen molar-refractivity contribution in [3.8, 4) is 0 Å². The van der Waals surface area contributed by atoms with Crippen molar-refractivity contribution in [3.63, 3.8) is 0 Å². The molecular weight excluding hydrogens is 240 g/mol. The van der Waals surface area contributed by atoms with Gasteiger partial charge in [0.2, 0.25) is 5.91 Å². The Morgan fingerprint density at radius 2 is 2.11 bits per heavy atom. The van der Waals surface area contributed by atoms with Gasteiger partial charge in [0, 0.05) is 13.1 Å². The van der Waals surface area contributed by atoms with Crippen molar-refractivity contribution in [2.75, 3.05) is 26.2 Å². The van der Waals surface area contributed by atoms with Gasteiger partial charge in [0.15, 0.2) is 0 Å². The molecule has 2 N–H and O–H groups in total. The molecule has 4 nitrogen and oxygen atoms in total. The Kier molecular flexibility index (Phi) is 4.22. The third-order valence-corrected chi connectivity index (χ3v) is 3.61. The van der Waals surface area contributed by atoms with Gasteiger partial charge in [0.1, 0.15) is 6.10 Å². The third-order valence-electron chi connectivity index (χ3n) is 3.61. The molecule has 1 fully saturated rings. The van der Waals surface area contributed by atoms with Crippen LogP contribution in [0.4, 0.5) is 0 Å². The molecule has 1 atom stereocenters. The van der Waals surface area contributed by atoms with Crippen molar-refractivity contribution in [2.45, 2.75) is 20.0 Å². The fourth-order valence-electron chi connectivity index (χ4n) is 2.22. The normalized spacial score (nSPS) is 20.4. The van der Waals surface area contributed by atoms with Gasteiger partial charge in [0.25, 0.3) is 0 Å². The number of carbonyl (C=O) groups is 1. The summed E-state index contributed by atoms with van der Waals surface area (Å²) in [6.45, 7) is 5.97. The summed E-state index contributed by atoms with van der Waals surface area (Å²) in [5.41, 5.74) is 6.30. The van der Waals surface area contributed by atoms with E-state index in [4.69, 9.17) is 10.5 Å². The first kappa shape index (κ1) is 14.0. The molecule has 2 rings (SSSR count). The van der Waals surface area contributed by atoms with Crippen LogP contribution >= 0.6 is 0 Å². The minimum atomic E-state index is -0.501. The summed E-state index contributed by atoms with van der Waals surface area (Å²) in [6, 6.07) is 10.0. The zero-order valence-corrected chi connectivity index (χ0v) is 11.6. The lowest BCUT2D eigenvalue weighted by atomic mass is 9.91. The number of carbonyl (C=O) groups excluding carboxylic acids is 1. The van der Waals surface area contributed by atoms with Gasteiger partial charge in [0.05, 0.1) is 18.6 Å². The number of ether oxygens (including phenoxy) is 1. The molecule has 1 saturated heterocycles. The molecule has 0 bridgehead atoms. The number of amides is 1. The summed E-state index contributed by atoms with van der Waals surface area (Å²) >= 11 is 0. The van der Waals surface area contributed by atoms with Crippen LogP contribution in [0.2, 0.25) is 0 Å². The Bertz CT molecular complexity index is 431. The average molecular weight is 262 g/mol. The van der Waals surface area contributed by atoms with Crippen molar-refractivity contribution in [3.05, 3.63) is 35.9 Å². The van der Waals surface area contributed by atoms with Crippen LogP contribution in [0.15, 0.2) is 30.3 Å². The molecule has 104 valence electrons. The second-order valence-electron chi connectivity index (χ2n) is 5.61. The Hall–Kier alpha value is -1.39. The van der Waals surface area contributed by atoms with E-state index in [1.807, 2.05) is 49.1 Å². The van der Waals surface area contributed by atoms with Crippen LogP contribution in [0.3, 0.4) is 0 Å². The molecule has 1 aromatic carbocycles. The summed E-state index contributed by atoms with van der Waals surface area (Å²) in [5, 5.41) is 0. The maximum atomic E-state index is 12.4. The van der Waals surface area contributed by atoms with Crippen LogP contribution in [0.5, 0.6) is 0 Å². The SMILES string of the molecule is CC(C)(CN)C(=O)N1CCOC(c2ccccc2)C1. The Labute approximate surface area is 114 Å². The molecule has 1 unspecified atom stereocenters. The second-order valence-corrected chi connectivity index (χ2v) is 5.61. The third kappa shape index (κ3) is 3.14. The Morgan fingerprint density at radius 3 is 2.74 bits per heavy atom. The van der Waals surface area contributed by atoms with Gasteiger partial charge in [-0.1, -0.05) is 30.3 Å². The summed E-state index contributed by atoms with van der Waals surface area (Å²) < 4.78 is 5.77. The molecule has 19 heavy (non-hydrogen) atoms. The van der Waals surface area contributed by atoms with Crippen LogP contribution in [-0.2, 0) is 9.53 Å². The molecule has 0 spiro atoms. The number of hydrogen-bond acceptors (Lipinski definition) is 3. The van der Waals surface area contributed by atoms with Gasteiger partial charge in [-0.15, -0.1) is 0 Å². The van der Waals surface area contributed by atoms with E-state index < -0.39 is 5.41 Å². The molecule has 1 heterocycles. The van der Waals surface area contributed by atoms with Crippen LogP contribution in [0.1, 0.15) is 25.5 Å². The molecule has 4 heteroatoms. The highest BCUT2D eigenvalue weighted by Gasteiger charge is 2.34. The molecule has 0 radical (unpaired) electrons. The summed E-state index contributed by atoms with van der Waals surface area (Å²) in [7, 11) is 0. The van der Waals surface area contributed by atoms with Crippen molar-refractivity contribution < 1.29 is 9.53 Å². The minimum absolute atomic E-state index is 0.0347. The van der Waals surface area contributed by atoms with Gasteiger partial charge in [-0.05, 0) is 19.4 Å². The number of rotatable bonds is 3. The maximum absolute atomic E-state index is 12.4. The summed E-state index contributed by atoms with van der Waals surface area (Å²) in [4.78, 5) is 14.3. The first-order valence-electron chi connectivity index (χ1n) is 6.70. The predicted octanol–water partition coefficient (Wildman–Crippen LogP) is 1.57. The topological polar surface area (TPSA) is 55.6 Å². The van der Waals surface area contributed by atoms with E-state index in [1.54, 1.807) is 0 Å². The number of benzene rings is 1. The Morgan fingerprint density at radius 1 is 1.42 bits per heavy atom. The fourth-order valence-corrected chi connectivity index (χ4v) is 2.22. The van der Waals surface area contributed by atoms with Crippen LogP contribution in [0, 0.1) is 5.41 Å². The van der Waals surface area contributed by atoms with E-state index in [-0.39, 0.29) is 12.0 Å². The maximum Gasteiger partial charge on any atom is 0.229 e. The highest BCUT2D eigenvalue weighted by Crippen LogP contribution is 2.25. The van der Waals surface area contributed by atoms with Crippen LogP contribution < -0.4 is 5.73 Å². The highest BCUT2D eigenvalue weighted by atomic mass is 16.5. The first-order chi connectivity index (χ1) is 9.04. The molecular formula is C15H22N2O2. The molecule has 1 amide bonds. The minimum Gasteiger partial charge on any atom is -0.370 e. The number of nitrogens with zero attached hydrogens (tertiary/aromatic N) is 1. The van der Waals surface area contributed by atoms with E-state index in [9.17, 15) is 4.79 Å². The lowest BCUT2D eigenvalue weighted by Gasteiger charge is -2.37. The smallest absolute Gasteiger partial charge is 0.229 e. The van der Waals surface area contributed by atoms with Crippen LogP contribution in [0.25, 0.3) is 0 Å². The fraction of sp³-hybridized carbons (Fsp3) is 0.533. The summed E-state index contributed by atoms with van der Waals surface area (Å²) in [6.07, 6.45) is -0.0347. The van der Waals surface area contributed by atoms with Gasteiger partial charge in [-0.2, -0.15) is 0 Å². The highest BCUT2D eigenvalue weighted by molar-refractivity contribution is 5.82. The first-order valence-corrected chi connectivity index (χ1v) is 6.70. The second kappa shape index (κ2) is 5.72. The molecule has 1 aromatic rings. The Balaban J connectivity index is 2.08. The predicted molar refractivity (Wildman–Crippen MR) is 74.6 cm³/mol. The monoisotopic (exact) mass is 262 g/mol. The average Bonchev–Trinajstić information content (AvgIpc) is 2.47. The van der Waals surface area contributed by atoms with E-state index in [0.29, 0.717) is 26.2 Å². The van der Waals surface area contributed by atoms with Gasteiger partial charge in [-0.3, -0.25) is 4.79 Å². The van der Waals surface area contributed by atoms with Crippen LogP contribution in [-0.4, -0.2) is 37.0 Å². The van der Waals surface area contributed by atoms with Crippen molar-refractivity contribution in [1.29, 1.82) is 0 Å². The lowest BCUT2D eigenvalue weighted by molar-refractivity contribution is -0.147. The van der Waals surface area contributed by atoms with E-state index in [1.165, 1.54) is 0 Å². The van der Waals surface area contributed by atoms with Crippen molar-refractivity contribution >= 4 is 5.91 Å². The molecule has 0 aromatic heterocycles. The molecule has 0 aliphatic carbocycles. The lowest BCUT2D eigenvalue weighted by Crippen LogP contribution is -2.49. The molecule has 0 saturated carbocycles. The van der Waals surface area contributed by atoms with Crippen molar-refractivity contribution in [1.82, 2.24) is 4.90 Å². The quantitative estimate of drug-likeness (QED) is 0.899. The number of morpholine rings is 1. The molecule has 1 aliphatic heterocycles. The number of hydrogen-bond donors (Lipinski definition) is 1. The zero-order valence-electron chi connectivity index (χ0n) is 11.6. The van der Waals surface area contributed by atoms with Gasteiger partial charge >= 0.3 is 0 Å². The van der Waals surface area contributed by atoms with Crippen molar-refractivity contribution in [2.24, 2.45) is 11.1 Å².